The maximum atomic E-state index is 5.87. The van der Waals surface area contributed by atoms with Crippen molar-refractivity contribution >= 4 is 5.84 Å². The summed E-state index contributed by atoms with van der Waals surface area (Å²) < 4.78 is 11.1. The minimum Gasteiger partial charge on any atom is -0.497 e. The number of methoxy groups -OCH3 is 1. The quantitative estimate of drug-likeness (QED) is 0.621. The molecule has 2 aromatic carbocycles. The van der Waals surface area contributed by atoms with Gasteiger partial charge in [-0.25, -0.2) is 0 Å². The maximum absolute atomic E-state index is 5.87. The highest BCUT2D eigenvalue weighted by Gasteiger charge is 2.06. The van der Waals surface area contributed by atoms with Gasteiger partial charge in [0.25, 0.3) is 0 Å². The minimum atomic E-state index is 0. The number of aryl methyl sites for hydroxylation is 2. The van der Waals surface area contributed by atoms with Crippen LogP contribution in [0.3, 0.4) is 0 Å². The molecule has 0 unspecified atom stereocenters. The second kappa shape index (κ2) is 11.1. The molecule has 2 N–H and O–H groups in total. The number of aliphatic imine (C=N–C) groups is 1. The third-order valence-corrected chi connectivity index (χ3v) is 3.66. The summed E-state index contributed by atoms with van der Waals surface area (Å²) in [6.45, 7) is 8.57. The van der Waals surface area contributed by atoms with E-state index in [1.165, 1.54) is 0 Å². The summed E-state index contributed by atoms with van der Waals surface area (Å²) in [4.78, 5) is 4.01. The van der Waals surface area contributed by atoms with Crippen LogP contribution in [0.5, 0.6) is 11.5 Å². The van der Waals surface area contributed by atoms with Crippen molar-refractivity contribution < 1.29 is 9.47 Å². The highest BCUT2D eigenvalue weighted by atomic mass is 16.5. The van der Waals surface area contributed by atoms with Crippen molar-refractivity contribution in [3.63, 3.8) is 0 Å². The average molecular weight is 344 g/mol. The van der Waals surface area contributed by atoms with Crippen molar-refractivity contribution in [1.29, 1.82) is 0 Å². The van der Waals surface area contributed by atoms with Gasteiger partial charge in [0, 0.05) is 12.6 Å². The molecule has 4 heteroatoms. The second-order valence-corrected chi connectivity index (χ2v) is 5.17. The lowest BCUT2D eigenvalue weighted by molar-refractivity contribution is 0.305. The van der Waals surface area contributed by atoms with Crippen LogP contribution in [0.15, 0.2) is 41.4 Å². The van der Waals surface area contributed by atoms with Crippen molar-refractivity contribution in [2.45, 2.75) is 41.7 Å². The molecule has 4 nitrogen and oxygen atoms in total. The number of nitrogens with zero attached hydrogens (tertiary/aromatic N) is 1. The molecule has 0 fully saturated rings. The van der Waals surface area contributed by atoms with Crippen LogP contribution in [0.4, 0.5) is 0 Å². The van der Waals surface area contributed by atoms with E-state index >= 15 is 0 Å². The van der Waals surface area contributed by atoms with Gasteiger partial charge >= 0.3 is 0 Å². The third-order valence-electron chi connectivity index (χ3n) is 3.66. The summed E-state index contributed by atoms with van der Waals surface area (Å²) in [6.07, 6.45) is 0. The van der Waals surface area contributed by atoms with Crippen LogP contribution >= 0.6 is 0 Å². The van der Waals surface area contributed by atoms with Gasteiger partial charge in [-0.15, -0.1) is 0 Å². The molecule has 0 spiro atoms. The molecular weight excluding hydrogens is 312 g/mol. The fraction of sp³-hybridized carbons (Fsp3) is 0.381. The molecule has 0 aromatic heterocycles. The summed E-state index contributed by atoms with van der Waals surface area (Å²) in [6, 6.07) is 11.8. The smallest absolute Gasteiger partial charge is 0.125 e. The second-order valence-electron chi connectivity index (χ2n) is 5.17. The van der Waals surface area contributed by atoms with Crippen molar-refractivity contribution in [3.05, 3.63) is 58.7 Å². The molecule has 0 atom stereocenters. The molecule has 0 aliphatic heterocycles. The lowest BCUT2D eigenvalue weighted by atomic mass is 10.1. The molecule has 0 amide bonds. The predicted molar refractivity (Wildman–Crippen MR) is 108 cm³/mol. The number of ether oxygens (including phenoxy) is 2. The van der Waals surface area contributed by atoms with Gasteiger partial charge in [-0.1, -0.05) is 27.3 Å². The number of hydrogen-bond acceptors (Lipinski definition) is 3. The molecule has 0 saturated carbocycles. The first-order valence-electron chi connectivity index (χ1n) is 8.14. The van der Waals surface area contributed by atoms with Gasteiger partial charge in [0.15, 0.2) is 0 Å². The fourth-order valence-electron chi connectivity index (χ4n) is 2.25. The maximum Gasteiger partial charge on any atom is 0.125 e. The SMILES string of the molecule is C.CC.CN=C(N)c1ccc(OCc2ccc(OC)cc2C)cc1C. The van der Waals surface area contributed by atoms with Crippen LogP contribution in [-0.4, -0.2) is 20.0 Å². The van der Waals surface area contributed by atoms with E-state index in [2.05, 4.69) is 4.99 Å². The first kappa shape index (κ1) is 22.5. The number of rotatable bonds is 5. The first-order valence-corrected chi connectivity index (χ1v) is 8.14. The molecular formula is C21H32N2O2. The molecule has 2 aromatic rings. The van der Waals surface area contributed by atoms with Crippen LogP contribution < -0.4 is 15.2 Å². The molecule has 138 valence electrons. The lowest BCUT2D eigenvalue weighted by Gasteiger charge is -2.12. The molecule has 2 rings (SSSR count). The van der Waals surface area contributed by atoms with E-state index in [4.69, 9.17) is 15.2 Å². The zero-order valence-corrected chi connectivity index (χ0v) is 15.5. The van der Waals surface area contributed by atoms with Crippen molar-refractivity contribution in [2.24, 2.45) is 10.7 Å². The summed E-state index contributed by atoms with van der Waals surface area (Å²) >= 11 is 0. The Labute approximate surface area is 152 Å². The van der Waals surface area contributed by atoms with Crippen LogP contribution in [0.1, 0.15) is 43.5 Å². The van der Waals surface area contributed by atoms with Crippen molar-refractivity contribution in [3.8, 4) is 11.5 Å². The van der Waals surface area contributed by atoms with Gasteiger partial charge < -0.3 is 15.2 Å². The van der Waals surface area contributed by atoms with E-state index in [-0.39, 0.29) is 7.43 Å². The summed E-state index contributed by atoms with van der Waals surface area (Å²) in [7, 11) is 3.35. The van der Waals surface area contributed by atoms with E-state index in [0.717, 1.165) is 33.8 Å². The van der Waals surface area contributed by atoms with Gasteiger partial charge in [0.2, 0.25) is 0 Å². The minimum absolute atomic E-state index is 0. The third kappa shape index (κ3) is 6.14. The lowest BCUT2D eigenvalue weighted by Crippen LogP contribution is -2.14. The zero-order valence-electron chi connectivity index (χ0n) is 15.5. The number of amidine groups is 1. The van der Waals surface area contributed by atoms with Crippen LogP contribution in [-0.2, 0) is 6.61 Å². The Morgan fingerprint density at radius 3 is 2.12 bits per heavy atom. The standard InChI is InChI=1S/C18H22N2O2.C2H6.CH4/c1-12-9-15(21-4)6-5-14(12)11-22-16-7-8-17(13(2)10-16)18(19)20-3;1-2;/h5-10H,11H2,1-4H3,(H2,19,20);1-2H3;1H4. The Balaban J connectivity index is 0.00000185. The van der Waals surface area contributed by atoms with Gasteiger partial charge in [-0.05, 0) is 60.9 Å². The van der Waals surface area contributed by atoms with E-state index < -0.39 is 0 Å². The fourth-order valence-corrected chi connectivity index (χ4v) is 2.25. The van der Waals surface area contributed by atoms with Gasteiger partial charge in [-0.2, -0.15) is 0 Å². The first-order chi connectivity index (χ1) is 11.5. The van der Waals surface area contributed by atoms with Gasteiger partial charge in [-0.3, -0.25) is 4.99 Å². The largest absolute Gasteiger partial charge is 0.497 e. The summed E-state index contributed by atoms with van der Waals surface area (Å²) in [5.41, 5.74) is 10.1. The Kier molecular flexibility index (Phi) is 10.0. The molecule has 0 aliphatic carbocycles. The Morgan fingerprint density at radius 1 is 1.00 bits per heavy atom. The molecule has 0 saturated heterocycles. The number of hydrogen-bond donors (Lipinski definition) is 1. The Hall–Kier alpha value is -2.49. The Bertz CT molecular complexity index is 694. The van der Waals surface area contributed by atoms with Crippen LogP contribution in [0, 0.1) is 13.8 Å². The molecule has 0 bridgehead atoms. The molecule has 0 radical (unpaired) electrons. The Morgan fingerprint density at radius 2 is 1.60 bits per heavy atom. The van der Waals surface area contributed by atoms with E-state index in [1.54, 1.807) is 14.2 Å². The van der Waals surface area contributed by atoms with E-state index in [0.29, 0.717) is 12.4 Å². The monoisotopic (exact) mass is 344 g/mol. The van der Waals surface area contributed by atoms with E-state index in [1.807, 2.05) is 64.1 Å². The average Bonchev–Trinajstić information content (AvgIpc) is 2.61. The van der Waals surface area contributed by atoms with Gasteiger partial charge in [0.05, 0.1) is 7.11 Å². The molecule has 0 heterocycles. The predicted octanol–water partition coefficient (Wildman–Crippen LogP) is 4.89. The highest BCUT2D eigenvalue weighted by molar-refractivity contribution is 5.98. The summed E-state index contributed by atoms with van der Waals surface area (Å²) in [5, 5.41) is 0. The summed E-state index contributed by atoms with van der Waals surface area (Å²) in [5.74, 6) is 2.21. The molecule has 25 heavy (non-hydrogen) atoms. The molecule has 0 aliphatic rings. The highest BCUT2D eigenvalue weighted by Crippen LogP contribution is 2.21. The van der Waals surface area contributed by atoms with Crippen molar-refractivity contribution in [1.82, 2.24) is 0 Å². The topological polar surface area (TPSA) is 56.8 Å². The zero-order chi connectivity index (χ0) is 18.1. The van der Waals surface area contributed by atoms with Crippen LogP contribution in [0.25, 0.3) is 0 Å². The normalized spacial score (nSPS) is 10.2. The number of nitrogens with two attached hydrogens (primary N) is 1. The van der Waals surface area contributed by atoms with E-state index in [9.17, 15) is 0 Å². The number of benzene rings is 2. The van der Waals surface area contributed by atoms with Crippen LogP contribution in [0.2, 0.25) is 0 Å². The van der Waals surface area contributed by atoms with Crippen molar-refractivity contribution in [2.75, 3.05) is 14.2 Å². The van der Waals surface area contributed by atoms with Gasteiger partial charge in [0.1, 0.15) is 23.9 Å².